The predicted molar refractivity (Wildman–Crippen MR) is 99.3 cm³/mol. The molecule has 0 unspecified atom stereocenters. The molecule has 0 radical (unpaired) electrons. The van der Waals surface area contributed by atoms with Crippen molar-refractivity contribution >= 4 is 0 Å². The van der Waals surface area contributed by atoms with E-state index in [0.717, 1.165) is 12.8 Å². The molecule has 1 heterocycles. The number of rotatable bonds is 2. The Morgan fingerprint density at radius 3 is 1.62 bits per heavy atom. The SMILES string of the molecule is CCCC1(O)COc2ccccc2OCCCOc2ccccc2OC1. The molecule has 3 rings (SSSR count). The molecule has 2 aromatic rings. The second kappa shape index (κ2) is 8.81. The minimum atomic E-state index is -1.10. The molecule has 0 spiro atoms. The van der Waals surface area contributed by atoms with Gasteiger partial charge in [-0.1, -0.05) is 37.6 Å². The third-order valence-electron chi connectivity index (χ3n) is 4.21. The van der Waals surface area contributed by atoms with Gasteiger partial charge in [-0.2, -0.15) is 0 Å². The molecule has 26 heavy (non-hydrogen) atoms. The van der Waals surface area contributed by atoms with E-state index in [-0.39, 0.29) is 13.2 Å². The number of hydrogen-bond acceptors (Lipinski definition) is 5. The van der Waals surface area contributed by atoms with Gasteiger partial charge in [0, 0.05) is 6.42 Å². The number of benzene rings is 2. The van der Waals surface area contributed by atoms with Crippen LogP contribution < -0.4 is 18.9 Å². The standard InChI is InChI=1S/C21H26O5/c1-2-12-21(22)15-25-19-10-5-3-8-17(19)23-13-7-14-24-18-9-4-6-11-20(18)26-16-21/h3-6,8-11,22H,2,7,12-16H2,1H3. The van der Waals surface area contributed by atoms with E-state index in [0.29, 0.717) is 42.6 Å². The van der Waals surface area contributed by atoms with E-state index in [1.165, 1.54) is 0 Å². The van der Waals surface area contributed by atoms with Gasteiger partial charge in [0.2, 0.25) is 0 Å². The first kappa shape index (κ1) is 18.4. The number of ether oxygens (including phenoxy) is 4. The summed E-state index contributed by atoms with van der Waals surface area (Å²) in [6.07, 6.45) is 2.13. The number of para-hydroxylation sites is 4. The minimum Gasteiger partial charge on any atom is -0.490 e. The van der Waals surface area contributed by atoms with E-state index in [1.54, 1.807) is 0 Å². The summed E-state index contributed by atoms with van der Waals surface area (Å²) in [7, 11) is 0. The van der Waals surface area contributed by atoms with E-state index in [2.05, 4.69) is 0 Å². The Balaban J connectivity index is 1.82. The molecule has 0 aliphatic carbocycles. The van der Waals surface area contributed by atoms with Crippen LogP contribution in [0.2, 0.25) is 0 Å². The fourth-order valence-corrected chi connectivity index (χ4v) is 2.88. The van der Waals surface area contributed by atoms with Crippen molar-refractivity contribution in [3.05, 3.63) is 48.5 Å². The summed E-state index contributed by atoms with van der Waals surface area (Å²) < 4.78 is 23.5. The highest BCUT2D eigenvalue weighted by Gasteiger charge is 2.29. The topological polar surface area (TPSA) is 57.2 Å². The maximum Gasteiger partial charge on any atom is 0.161 e. The van der Waals surface area contributed by atoms with E-state index in [1.807, 2.05) is 55.5 Å². The highest BCUT2D eigenvalue weighted by Crippen LogP contribution is 2.31. The Kier molecular flexibility index (Phi) is 6.23. The van der Waals surface area contributed by atoms with Crippen LogP contribution in [0.5, 0.6) is 23.0 Å². The maximum atomic E-state index is 11.0. The second-order valence-electron chi connectivity index (χ2n) is 6.50. The van der Waals surface area contributed by atoms with Gasteiger partial charge in [-0.25, -0.2) is 0 Å². The van der Waals surface area contributed by atoms with Crippen molar-refractivity contribution in [3.8, 4) is 23.0 Å². The summed E-state index contributed by atoms with van der Waals surface area (Å²) in [5.74, 6) is 2.59. The molecule has 0 bridgehead atoms. The summed E-state index contributed by atoms with van der Waals surface area (Å²) in [6.45, 7) is 3.32. The molecular weight excluding hydrogens is 332 g/mol. The van der Waals surface area contributed by atoms with Gasteiger partial charge < -0.3 is 24.1 Å². The van der Waals surface area contributed by atoms with Crippen LogP contribution in [-0.4, -0.2) is 37.1 Å². The van der Waals surface area contributed by atoms with Gasteiger partial charge in [0.15, 0.2) is 23.0 Å². The van der Waals surface area contributed by atoms with Gasteiger partial charge in [0.25, 0.3) is 0 Å². The van der Waals surface area contributed by atoms with Crippen molar-refractivity contribution in [1.29, 1.82) is 0 Å². The van der Waals surface area contributed by atoms with Crippen LogP contribution in [0.1, 0.15) is 26.2 Å². The van der Waals surface area contributed by atoms with E-state index in [9.17, 15) is 5.11 Å². The molecule has 0 amide bonds. The zero-order chi connectivity index (χ0) is 18.2. The molecule has 0 saturated heterocycles. The highest BCUT2D eigenvalue weighted by molar-refractivity contribution is 5.40. The summed E-state index contributed by atoms with van der Waals surface area (Å²) in [6, 6.07) is 15.0. The molecule has 0 aromatic heterocycles. The Hall–Kier alpha value is -2.40. The largest absolute Gasteiger partial charge is 0.490 e. The molecule has 0 fully saturated rings. The van der Waals surface area contributed by atoms with Crippen LogP contribution in [0.4, 0.5) is 0 Å². The zero-order valence-corrected chi connectivity index (χ0v) is 15.1. The average molecular weight is 358 g/mol. The van der Waals surface area contributed by atoms with Gasteiger partial charge in [0.1, 0.15) is 18.8 Å². The second-order valence-corrected chi connectivity index (χ2v) is 6.50. The number of fused-ring (bicyclic) bond motifs is 2. The van der Waals surface area contributed by atoms with Crippen molar-refractivity contribution in [2.24, 2.45) is 0 Å². The van der Waals surface area contributed by atoms with E-state index < -0.39 is 5.60 Å². The first-order valence-corrected chi connectivity index (χ1v) is 9.12. The maximum absolute atomic E-state index is 11.0. The Labute approximate surface area is 154 Å². The molecule has 140 valence electrons. The van der Waals surface area contributed by atoms with Gasteiger partial charge in [-0.3, -0.25) is 0 Å². The summed E-state index contributed by atoms with van der Waals surface area (Å²) >= 11 is 0. The fraction of sp³-hybridized carbons (Fsp3) is 0.429. The van der Waals surface area contributed by atoms with Crippen LogP contribution in [-0.2, 0) is 0 Å². The first-order chi connectivity index (χ1) is 12.7. The quantitative estimate of drug-likeness (QED) is 0.884. The van der Waals surface area contributed by atoms with Gasteiger partial charge in [0.05, 0.1) is 13.2 Å². The van der Waals surface area contributed by atoms with Crippen molar-refractivity contribution in [1.82, 2.24) is 0 Å². The highest BCUT2D eigenvalue weighted by atomic mass is 16.5. The van der Waals surface area contributed by atoms with E-state index >= 15 is 0 Å². The summed E-state index contributed by atoms with van der Waals surface area (Å²) in [5.41, 5.74) is -1.10. The summed E-state index contributed by atoms with van der Waals surface area (Å²) in [4.78, 5) is 0. The Morgan fingerprint density at radius 1 is 0.769 bits per heavy atom. The Morgan fingerprint density at radius 2 is 1.19 bits per heavy atom. The normalized spacial score (nSPS) is 17.2. The van der Waals surface area contributed by atoms with Crippen LogP contribution >= 0.6 is 0 Å². The van der Waals surface area contributed by atoms with Crippen molar-refractivity contribution in [3.63, 3.8) is 0 Å². The van der Waals surface area contributed by atoms with Crippen LogP contribution in [0.25, 0.3) is 0 Å². The number of aliphatic hydroxyl groups is 1. The zero-order valence-electron chi connectivity index (χ0n) is 15.1. The lowest BCUT2D eigenvalue weighted by Crippen LogP contribution is -2.42. The lowest BCUT2D eigenvalue weighted by molar-refractivity contribution is -0.0473. The predicted octanol–water partition coefficient (Wildman–Crippen LogP) is 3.84. The molecule has 2 aromatic carbocycles. The molecule has 1 N–H and O–H groups in total. The molecule has 5 nitrogen and oxygen atoms in total. The minimum absolute atomic E-state index is 0.129. The van der Waals surface area contributed by atoms with E-state index in [4.69, 9.17) is 18.9 Å². The molecular formula is C21H26O5. The third-order valence-corrected chi connectivity index (χ3v) is 4.21. The fourth-order valence-electron chi connectivity index (χ4n) is 2.88. The van der Waals surface area contributed by atoms with Crippen molar-refractivity contribution < 1.29 is 24.1 Å². The van der Waals surface area contributed by atoms with Crippen molar-refractivity contribution in [2.45, 2.75) is 31.8 Å². The monoisotopic (exact) mass is 358 g/mol. The van der Waals surface area contributed by atoms with Gasteiger partial charge in [-0.15, -0.1) is 0 Å². The molecule has 1 aliphatic rings. The average Bonchev–Trinajstić information content (AvgIpc) is 2.66. The van der Waals surface area contributed by atoms with Crippen molar-refractivity contribution in [2.75, 3.05) is 26.4 Å². The van der Waals surface area contributed by atoms with Gasteiger partial charge >= 0.3 is 0 Å². The van der Waals surface area contributed by atoms with Gasteiger partial charge in [-0.05, 0) is 30.7 Å². The lowest BCUT2D eigenvalue weighted by Gasteiger charge is -2.28. The first-order valence-electron chi connectivity index (χ1n) is 9.12. The van der Waals surface area contributed by atoms with Crippen LogP contribution in [0.3, 0.4) is 0 Å². The summed E-state index contributed by atoms with van der Waals surface area (Å²) in [5, 5.41) is 11.0. The third kappa shape index (κ3) is 4.82. The van der Waals surface area contributed by atoms with Crippen LogP contribution in [0, 0.1) is 0 Å². The molecule has 5 heteroatoms. The molecule has 0 saturated carbocycles. The number of hydrogen-bond donors (Lipinski definition) is 1. The molecule has 1 aliphatic heterocycles. The lowest BCUT2D eigenvalue weighted by atomic mass is 10.0. The smallest absolute Gasteiger partial charge is 0.161 e. The molecule has 0 atom stereocenters. The van der Waals surface area contributed by atoms with Crippen LogP contribution in [0.15, 0.2) is 48.5 Å². The Bertz CT molecular complexity index is 647.